The van der Waals surface area contributed by atoms with Gasteiger partial charge in [0.25, 0.3) is 0 Å². The molecule has 1 heterocycles. The predicted molar refractivity (Wildman–Crippen MR) is 102 cm³/mol. The van der Waals surface area contributed by atoms with Crippen molar-refractivity contribution in [3.05, 3.63) is 23.8 Å². The minimum Gasteiger partial charge on any atom is -0.463 e. The Bertz CT molecular complexity index is 806. The lowest BCUT2D eigenvalue weighted by atomic mass is 10.1. The lowest BCUT2D eigenvalue weighted by Crippen LogP contribution is -2.31. The van der Waals surface area contributed by atoms with E-state index < -0.39 is 28.1 Å². The quantitative estimate of drug-likeness (QED) is 0.450. The highest BCUT2D eigenvalue weighted by atomic mass is 32.2. The summed E-state index contributed by atoms with van der Waals surface area (Å²) in [5.41, 5.74) is 0.427. The first-order chi connectivity index (χ1) is 13.3. The summed E-state index contributed by atoms with van der Waals surface area (Å²) >= 11 is 0. The molecule has 2 rings (SSSR count). The summed E-state index contributed by atoms with van der Waals surface area (Å²) in [7, 11) is -2.21. The van der Waals surface area contributed by atoms with Gasteiger partial charge in [0.1, 0.15) is 0 Å². The molecule has 1 atom stereocenters. The number of nitrogens with one attached hydrogen (secondary N) is 1. The number of esters is 2. The normalized spacial score (nSPS) is 16.9. The van der Waals surface area contributed by atoms with Crippen molar-refractivity contribution >= 4 is 27.6 Å². The van der Waals surface area contributed by atoms with Crippen LogP contribution in [-0.4, -0.2) is 70.7 Å². The molecular weight excluding hydrogens is 388 g/mol. The van der Waals surface area contributed by atoms with Crippen LogP contribution in [-0.2, 0) is 29.0 Å². The molecule has 1 fully saturated rings. The van der Waals surface area contributed by atoms with Gasteiger partial charge >= 0.3 is 11.9 Å². The fraction of sp³-hybridized carbons (Fsp3) is 0.556. The number of anilines is 1. The Labute approximate surface area is 165 Å². The smallest absolute Gasteiger partial charge is 0.347 e. The van der Waals surface area contributed by atoms with Gasteiger partial charge in [-0.1, -0.05) is 13.8 Å². The average Bonchev–Trinajstić information content (AvgIpc) is 3.07. The lowest BCUT2D eigenvalue weighted by Gasteiger charge is -2.20. The Morgan fingerprint density at radius 2 is 2.04 bits per heavy atom. The fourth-order valence-electron chi connectivity index (χ4n) is 2.78. The molecule has 0 aliphatic carbocycles. The maximum absolute atomic E-state index is 12.8. The van der Waals surface area contributed by atoms with Crippen LogP contribution in [0.1, 0.15) is 30.6 Å². The molecule has 156 valence electrons. The molecule has 1 aromatic rings. The third-order valence-corrected chi connectivity index (χ3v) is 6.36. The summed E-state index contributed by atoms with van der Waals surface area (Å²) in [5.74, 6) is -1.39. The highest BCUT2D eigenvalue weighted by Gasteiger charge is 2.32. The third kappa shape index (κ3) is 5.00. The van der Waals surface area contributed by atoms with Gasteiger partial charge in [-0.3, -0.25) is 0 Å². The summed E-state index contributed by atoms with van der Waals surface area (Å²) in [6.07, 6.45) is -0.712. The average molecular weight is 414 g/mol. The topological polar surface area (TPSA) is 111 Å². The molecule has 0 saturated carbocycles. The van der Waals surface area contributed by atoms with Gasteiger partial charge in [-0.15, -0.1) is 0 Å². The number of nitrogens with zero attached hydrogens (tertiary/aromatic N) is 1. The molecule has 1 aliphatic rings. The Hall–Kier alpha value is -2.17. The molecule has 28 heavy (non-hydrogen) atoms. The minimum absolute atomic E-state index is 0.0190. The first-order valence-electron chi connectivity index (χ1n) is 9.09. The predicted octanol–water partition coefficient (Wildman–Crippen LogP) is 1.25. The van der Waals surface area contributed by atoms with E-state index in [2.05, 4.69) is 5.32 Å². The van der Waals surface area contributed by atoms with Crippen molar-refractivity contribution < 1.29 is 32.2 Å². The van der Waals surface area contributed by atoms with E-state index in [-0.39, 0.29) is 23.5 Å². The van der Waals surface area contributed by atoms with Crippen molar-refractivity contribution in [3.63, 3.8) is 0 Å². The third-order valence-electron chi connectivity index (χ3n) is 4.31. The standard InChI is InChI=1S/C18H26N2O7S/c1-4-20(5-2)28(23,24)13-6-7-15(19-9-11-25-3)14(12-13)17(21)27-16-8-10-26-18(16)22/h6-7,12,16,19H,4-5,8-11H2,1-3H3/t16-/m1/s1. The van der Waals surface area contributed by atoms with E-state index in [0.717, 1.165) is 0 Å². The number of ether oxygens (including phenoxy) is 3. The zero-order valence-electron chi connectivity index (χ0n) is 16.3. The van der Waals surface area contributed by atoms with E-state index in [9.17, 15) is 18.0 Å². The summed E-state index contributed by atoms with van der Waals surface area (Å²) in [6.45, 7) is 5.07. The van der Waals surface area contributed by atoms with E-state index in [0.29, 0.717) is 31.9 Å². The molecule has 0 bridgehead atoms. The number of cyclic esters (lactones) is 1. The summed E-state index contributed by atoms with van der Waals surface area (Å²) < 4.78 is 41.9. The van der Waals surface area contributed by atoms with Crippen LogP contribution in [0.25, 0.3) is 0 Å². The number of sulfonamides is 1. The van der Waals surface area contributed by atoms with Crippen LogP contribution >= 0.6 is 0 Å². The Morgan fingerprint density at radius 1 is 1.32 bits per heavy atom. The molecule has 0 radical (unpaired) electrons. The lowest BCUT2D eigenvalue weighted by molar-refractivity contribution is -0.145. The van der Waals surface area contributed by atoms with Crippen LogP contribution < -0.4 is 5.32 Å². The summed E-state index contributed by atoms with van der Waals surface area (Å²) in [4.78, 5) is 24.3. The number of carbonyl (C=O) groups is 2. The van der Waals surface area contributed by atoms with E-state index in [4.69, 9.17) is 14.2 Å². The van der Waals surface area contributed by atoms with Gasteiger partial charge in [0.15, 0.2) is 0 Å². The molecule has 9 nitrogen and oxygen atoms in total. The van der Waals surface area contributed by atoms with Gasteiger partial charge in [-0.25, -0.2) is 18.0 Å². The maximum Gasteiger partial charge on any atom is 0.347 e. The van der Waals surface area contributed by atoms with E-state index in [1.165, 1.54) is 22.5 Å². The van der Waals surface area contributed by atoms with Crippen molar-refractivity contribution in [2.75, 3.05) is 45.3 Å². The van der Waals surface area contributed by atoms with Gasteiger partial charge in [0, 0.05) is 38.9 Å². The second kappa shape index (κ2) is 9.85. The zero-order valence-corrected chi connectivity index (χ0v) is 17.1. The highest BCUT2D eigenvalue weighted by molar-refractivity contribution is 7.89. The summed E-state index contributed by atoms with van der Waals surface area (Å²) in [6, 6.07) is 4.21. The number of hydrogen-bond donors (Lipinski definition) is 1. The SMILES string of the molecule is CCN(CC)S(=O)(=O)c1ccc(NCCOC)c(C(=O)O[C@@H]2CCOC2=O)c1. The molecule has 0 spiro atoms. The van der Waals surface area contributed by atoms with Crippen molar-refractivity contribution in [3.8, 4) is 0 Å². The maximum atomic E-state index is 12.8. The fourth-order valence-corrected chi connectivity index (χ4v) is 4.27. The van der Waals surface area contributed by atoms with Gasteiger partial charge in [0.05, 0.1) is 23.7 Å². The van der Waals surface area contributed by atoms with Crippen LogP contribution in [0.3, 0.4) is 0 Å². The van der Waals surface area contributed by atoms with Crippen LogP contribution in [0, 0.1) is 0 Å². The van der Waals surface area contributed by atoms with Crippen molar-refractivity contribution in [2.24, 2.45) is 0 Å². The van der Waals surface area contributed by atoms with Crippen LogP contribution in [0.2, 0.25) is 0 Å². The minimum atomic E-state index is -3.76. The Kier molecular flexibility index (Phi) is 7.78. The number of hydrogen-bond acceptors (Lipinski definition) is 8. The number of methoxy groups -OCH3 is 1. The zero-order chi connectivity index (χ0) is 20.7. The first-order valence-corrected chi connectivity index (χ1v) is 10.5. The Morgan fingerprint density at radius 3 is 2.61 bits per heavy atom. The van der Waals surface area contributed by atoms with Crippen LogP contribution in [0.5, 0.6) is 0 Å². The van der Waals surface area contributed by atoms with Crippen molar-refractivity contribution in [1.82, 2.24) is 4.31 Å². The second-order valence-electron chi connectivity index (χ2n) is 6.07. The molecule has 1 aliphatic heterocycles. The number of carbonyl (C=O) groups excluding carboxylic acids is 2. The van der Waals surface area contributed by atoms with Crippen molar-refractivity contribution in [1.29, 1.82) is 0 Å². The largest absolute Gasteiger partial charge is 0.463 e. The molecular formula is C18H26N2O7S. The summed E-state index contributed by atoms with van der Waals surface area (Å²) in [5, 5.41) is 3.02. The number of benzene rings is 1. The van der Waals surface area contributed by atoms with E-state index in [1.54, 1.807) is 21.0 Å². The first kappa shape index (κ1) is 22.1. The molecule has 10 heteroatoms. The highest BCUT2D eigenvalue weighted by Crippen LogP contribution is 2.25. The monoisotopic (exact) mass is 414 g/mol. The van der Waals surface area contributed by atoms with E-state index >= 15 is 0 Å². The van der Waals surface area contributed by atoms with Gasteiger partial charge < -0.3 is 19.5 Å². The molecule has 1 N–H and O–H groups in total. The molecule has 0 aromatic heterocycles. The van der Waals surface area contributed by atoms with Crippen LogP contribution in [0.4, 0.5) is 5.69 Å². The molecule has 0 amide bonds. The van der Waals surface area contributed by atoms with E-state index in [1.807, 2.05) is 0 Å². The van der Waals surface area contributed by atoms with Crippen LogP contribution in [0.15, 0.2) is 23.1 Å². The molecule has 0 unspecified atom stereocenters. The Balaban J connectivity index is 2.37. The number of rotatable bonds is 10. The molecule has 1 saturated heterocycles. The van der Waals surface area contributed by atoms with Gasteiger partial charge in [0.2, 0.25) is 16.1 Å². The van der Waals surface area contributed by atoms with Gasteiger partial charge in [-0.05, 0) is 18.2 Å². The second-order valence-corrected chi connectivity index (χ2v) is 8.00. The van der Waals surface area contributed by atoms with Crippen molar-refractivity contribution in [2.45, 2.75) is 31.3 Å². The van der Waals surface area contributed by atoms with Gasteiger partial charge in [-0.2, -0.15) is 4.31 Å². The molecule has 1 aromatic carbocycles.